The summed E-state index contributed by atoms with van der Waals surface area (Å²) in [6.45, 7) is 7.61. The monoisotopic (exact) mass is 313 g/mol. The van der Waals surface area contributed by atoms with Gasteiger partial charge in [0.1, 0.15) is 18.5 Å². The number of halogens is 1. The van der Waals surface area contributed by atoms with Gasteiger partial charge in [-0.2, -0.15) is 0 Å². The number of rotatable bonds is 5. The van der Waals surface area contributed by atoms with Gasteiger partial charge in [-0.15, -0.1) is 12.4 Å². The highest BCUT2D eigenvalue weighted by atomic mass is 35.5. The van der Waals surface area contributed by atoms with Crippen LogP contribution in [-0.4, -0.2) is 41.3 Å². The number of ether oxygens (including phenoxy) is 1. The maximum absolute atomic E-state index is 10.2. The summed E-state index contributed by atoms with van der Waals surface area (Å²) in [7, 11) is 0. The van der Waals surface area contributed by atoms with Crippen LogP contribution in [0.15, 0.2) is 24.3 Å². The van der Waals surface area contributed by atoms with E-state index >= 15 is 0 Å². The Morgan fingerprint density at radius 2 is 1.95 bits per heavy atom. The van der Waals surface area contributed by atoms with Crippen molar-refractivity contribution in [2.75, 3.05) is 13.2 Å². The molecule has 1 aliphatic rings. The molecule has 0 aliphatic carbocycles. The second-order valence-electron chi connectivity index (χ2n) is 6.11. The fourth-order valence-corrected chi connectivity index (χ4v) is 3.03. The highest BCUT2D eigenvalue weighted by Gasteiger charge is 2.26. The number of aryl methyl sites for hydroxylation is 1. The van der Waals surface area contributed by atoms with Crippen molar-refractivity contribution in [3.63, 3.8) is 0 Å². The van der Waals surface area contributed by atoms with Gasteiger partial charge in [0.25, 0.3) is 0 Å². The molecule has 3 nitrogen and oxygen atoms in total. The minimum Gasteiger partial charge on any atom is -0.491 e. The Kier molecular flexibility index (Phi) is 7.50. The summed E-state index contributed by atoms with van der Waals surface area (Å²) in [5.41, 5.74) is 1.18. The van der Waals surface area contributed by atoms with Crippen molar-refractivity contribution < 1.29 is 9.84 Å². The molecule has 1 N–H and O–H groups in total. The SMILES string of the molecule is Cc1cccc(OCC(O)CN2C(C)CCCC2C)c1.Cl. The van der Waals surface area contributed by atoms with Crippen molar-refractivity contribution in [2.45, 2.75) is 58.2 Å². The van der Waals surface area contributed by atoms with Crippen molar-refractivity contribution in [3.8, 4) is 5.75 Å². The van der Waals surface area contributed by atoms with Crippen LogP contribution in [-0.2, 0) is 0 Å². The van der Waals surface area contributed by atoms with E-state index in [1.165, 1.54) is 24.8 Å². The molecule has 0 aromatic heterocycles. The number of aliphatic hydroxyl groups excluding tert-OH is 1. The lowest BCUT2D eigenvalue weighted by atomic mass is 9.97. The number of likely N-dealkylation sites (tertiary alicyclic amines) is 1. The van der Waals surface area contributed by atoms with Gasteiger partial charge in [-0.3, -0.25) is 4.90 Å². The Morgan fingerprint density at radius 1 is 1.29 bits per heavy atom. The number of nitrogens with zero attached hydrogens (tertiary/aromatic N) is 1. The van der Waals surface area contributed by atoms with Crippen LogP contribution in [0.1, 0.15) is 38.7 Å². The van der Waals surface area contributed by atoms with E-state index in [0.29, 0.717) is 25.2 Å². The number of hydrogen-bond acceptors (Lipinski definition) is 3. The Labute approximate surface area is 134 Å². The number of β-amino-alcohol motifs (C(OH)–C–C–N with tert-alkyl or cyclic N) is 1. The average molecular weight is 314 g/mol. The zero-order valence-electron chi connectivity index (χ0n) is 13.3. The maximum atomic E-state index is 10.2. The second-order valence-corrected chi connectivity index (χ2v) is 6.11. The number of hydrogen-bond donors (Lipinski definition) is 1. The van der Waals surface area contributed by atoms with Gasteiger partial charge < -0.3 is 9.84 Å². The normalized spacial score (nSPS) is 24.2. The topological polar surface area (TPSA) is 32.7 Å². The third-order valence-electron chi connectivity index (χ3n) is 4.23. The molecule has 0 spiro atoms. The maximum Gasteiger partial charge on any atom is 0.119 e. The zero-order chi connectivity index (χ0) is 14.5. The fourth-order valence-electron chi connectivity index (χ4n) is 3.03. The summed E-state index contributed by atoms with van der Waals surface area (Å²) in [5, 5.41) is 10.2. The first kappa shape index (κ1) is 18.3. The van der Waals surface area contributed by atoms with Crippen LogP contribution in [0.4, 0.5) is 0 Å². The lowest BCUT2D eigenvalue weighted by Gasteiger charge is -2.40. The summed E-state index contributed by atoms with van der Waals surface area (Å²) in [5.74, 6) is 0.837. The van der Waals surface area contributed by atoms with Crippen molar-refractivity contribution >= 4 is 12.4 Å². The molecule has 0 bridgehead atoms. The van der Waals surface area contributed by atoms with Gasteiger partial charge in [0.05, 0.1) is 0 Å². The van der Waals surface area contributed by atoms with Gasteiger partial charge in [0, 0.05) is 18.6 Å². The fraction of sp³-hybridized carbons (Fsp3) is 0.647. The second kappa shape index (κ2) is 8.62. The number of aliphatic hydroxyl groups is 1. The predicted molar refractivity (Wildman–Crippen MR) is 89.4 cm³/mol. The Bertz CT molecular complexity index is 417. The Hall–Kier alpha value is -0.770. The van der Waals surface area contributed by atoms with E-state index in [9.17, 15) is 5.11 Å². The molecular formula is C17H28ClNO2. The molecule has 4 heteroatoms. The molecule has 21 heavy (non-hydrogen) atoms. The quantitative estimate of drug-likeness (QED) is 0.904. The first-order valence-electron chi connectivity index (χ1n) is 7.69. The van der Waals surface area contributed by atoms with Crippen LogP contribution in [0.3, 0.4) is 0 Å². The molecule has 1 saturated heterocycles. The third-order valence-corrected chi connectivity index (χ3v) is 4.23. The summed E-state index contributed by atoms with van der Waals surface area (Å²) >= 11 is 0. The van der Waals surface area contributed by atoms with Crippen LogP contribution in [0.5, 0.6) is 5.75 Å². The summed E-state index contributed by atoms with van der Waals surface area (Å²) in [4.78, 5) is 2.41. The molecule has 3 unspecified atom stereocenters. The molecule has 120 valence electrons. The first-order chi connectivity index (χ1) is 9.56. The highest BCUT2D eigenvalue weighted by molar-refractivity contribution is 5.85. The van der Waals surface area contributed by atoms with Gasteiger partial charge in [-0.25, -0.2) is 0 Å². The Morgan fingerprint density at radius 3 is 2.57 bits per heavy atom. The zero-order valence-corrected chi connectivity index (χ0v) is 14.1. The largest absolute Gasteiger partial charge is 0.491 e. The molecule has 0 radical (unpaired) electrons. The van der Waals surface area contributed by atoms with Crippen molar-refractivity contribution in [1.29, 1.82) is 0 Å². The lowest BCUT2D eigenvalue weighted by Crippen LogP contribution is -2.48. The smallest absolute Gasteiger partial charge is 0.119 e. The van der Waals surface area contributed by atoms with E-state index in [1.54, 1.807) is 0 Å². The summed E-state index contributed by atoms with van der Waals surface area (Å²) in [6.07, 6.45) is 3.33. The summed E-state index contributed by atoms with van der Waals surface area (Å²) < 4.78 is 5.68. The summed E-state index contributed by atoms with van der Waals surface area (Å²) in [6, 6.07) is 9.08. The molecule has 2 rings (SSSR count). The standard InChI is InChI=1S/C17H27NO2.ClH/c1-13-6-4-9-17(10-13)20-12-16(19)11-18-14(2)7-5-8-15(18)3;/h4,6,9-10,14-16,19H,5,7-8,11-12H2,1-3H3;1H. The molecule has 3 atom stereocenters. The van der Waals surface area contributed by atoms with E-state index in [1.807, 2.05) is 31.2 Å². The van der Waals surface area contributed by atoms with Gasteiger partial charge in [-0.1, -0.05) is 18.6 Å². The van der Waals surface area contributed by atoms with Gasteiger partial charge in [0.15, 0.2) is 0 Å². The molecule has 1 heterocycles. The van der Waals surface area contributed by atoms with Crippen molar-refractivity contribution in [3.05, 3.63) is 29.8 Å². The lowest BCUT2D eigenvalue weighted by molar-refractivity contribution is 0.0209. The van der Waals surface area contributed by atoms with Gasteiger partial charge in [0.2, 0.25) is 0 Å². The van der Waals surface area contributed by atoms with Crippen LogP contribution in [0.25, 0.3) is 0 Å². The van der Waals surface area contributed by atoms with E-state index < -0.39 is 6.10 Å². The van der Waals surface area contributed by atoms with E-state index in [4.69, 9.17) is 4.74 Å². The Balaban J connectivity index is 0.00000220. The molecular weight excluding hydrogens is 286 g/mol. The van der Waals surface area contributed by atoms with Crippen molar-refractivity contribution in [2.24, 2.45) is 0 Å². The third kappa shape index (κ3) is 5.50. The van der Waals surface area contributed by atoms with Gasteiger partial charge in [-0.05, 0) is 51.3 Å². The molecule has 0 amide bonds. The minimum absolute atomic E-state index is 0. The highest BCUT2D eigenvalue weighted by Crippen LogP contribution is 2.22. The van der Waals surface area contributed by atoms with Crippen molar-refractivity contribution in [1.82, 2.24) is 4.90 Å². The predicted octanol–water partition coefficient (Wildman–Crippen LogP) is 3.42. The van der Waals surface area contributed by atoms with Gasteiger partial charge >= 0.3 is 0 Å². The first-order valence-corrected chi connectivity index (χ1v) is 7.69. The molecule has 0 saturated carbocycles. The van der Waals surface area contributed by atoms with Crippen LogP contribution in [0.2, 0.25) is 0 Å². The van der Waals surface area contributed by atoms with E-state index in [-0.39, 0.29) is 12.4 Å². The van der Waals surface area contributed by atoms with Crippen LogP contribution < -0.4 is 4.74 Å². The molecule has 1 aromatic carbocycles. The molecule has 1 aliphatic heterocycles. The average Bonchev–Trinajstić information content (AvgIpc) is 2.41. The minimum atomic E-state index is -0.432. The molecule has 1 aromatic rings. The van der Waals surface area contributed by atoms with Crippen LogP contribution in [0, 0.1) is 6.92 Å². The number of benzene rings is 1. The van der Waals surface area contributed by atoms with Crippen LogP contribution >= 0.6 is 12.4 Å². The van der Waals surface area contributed by atoms with E-state index in [2.05, 4.69) is 18.7 Å². The van der Waals surface area contributed by atoms with E-state index in [0.717, 1.165) is 5.75 Å². The number of piperidine rings is 1. The molecule has 1 fully saturated rings.